The zero-order valence-corrected chi connectivity index (χ0v) is 16.7. The lowest BCUT2D eigenvalue weighted by Gasteiger charge is -2.26. The summed E-state index contributed by atoms with van der Waals surface area (Å²) in [6, 6.07) is 0. The lowest BCUT2D eigenvalue weighted by atomic mass is 9.89. The van der Waals surface area contributed by atoms with Crippen LogP contribution < -0.4 is 0 Å². The third-order valence-corrected chi connectivity index (χ3v) is 6.98. The standard InChI is InChI=1S/C14H30O7P2/c1-13(2,3)10-9-12(15)8-7-11-20-23(18,19)21-22(16,17)14(4,5)6/h7-11H2,1-6H3,(H,16,17)(H,18,19). The Morgan fingerprint density at radius 1 is 1.00 bits per heavy atom. The highest BCUT2D eigenvalue weighted by molar-refractivity contribution is 7.64. The summed E-state index contributed by atoms with van der Waals surface area (Å²) in [5, 5.41) is -1.20. The van der Waals surface area contributed by atoms with Gasteiger partial charge in [-0.05, 0) is 39.0 Å². The third-order valence-electron chi connectivity index (χ3n) is 3.07. The highest BCUT2D eigenvalue weighted by atomic mass is 31.3. The first-order chi connectivity index (χ1) is 10.1. The van der Waals surface area contributed by atoms with Gasteiger partial charge in [-0.15, -0.1) is 0 Å². The van der Waals surface area contributed by atoms with E-state index < -0.39 is 20.6 Å². The van der Waals surface area contributed by atoms with Crippen LogP contribution in [0.4, 0.5) is 0 Å². The fourth-order valence-corrected chi connectivity index (χ4v) is 4.02. The molecule has 0 radical (unpaired) electrons. The number of phosphoric acid groups is 1. The van der Waals surface area contributed by atoms with E-state index in [1.807, 2.05) is 20.8 Å². The van der Waals surface area contributed by atoms with E-state index in [1.54, 1.807) is 0 Å². The second kappa shape index (κ2) is 8.37. The summed E-state index contributed by atoms with van der Waals surface area (Å²) in [5.74, 6) is 0.0553. The van der Waals surface area contributed by atoms with Gasteiger partial charge in [0.15, 0.2) is 0 Å². The van der Waals surface area contributed by atoms with E-state index in [0.717, 1.165) is 6.42 Å². The predicted octanol–water partition coefficient (Wildman–Crippen LogP) is 4.28. The minimum absolute atomic E-state index is 0.0553. The van der Waals surface area contributed by atoms with E-state index in [9.17, 15) is 23.7 Å². The number of ketones is 1. The Kier molecular flexibility index (Phi) is 8.36. The molecule has 9 heteroatoms. The van der Waals surface area contributed by atoms with Crippen molar-refractivity contribution < 1.29 is 32.5 Å². The lowest BCUT2D eigenvalue weighted by molar-refractivity contribution is -0.119. The SMILES string of the molecule is CC(C)(C)CCC(=O)CCCOP(=O)(O)OP(=O)(O)C(C)(C)C. The first kappa shape index (κ1) is 23.0. The minimum Gasteiger partial charge on any atom is -0.324 e. The van der Waals surface area contributed by atoms with E-state index >= 15 is 0 Å². The van der Waals surface area contributed by atoms with Gasteiger partial charge in [-0.3, -0.25) is 13.9 Å². The van der Waals surface area contributed by atoms with Gasteiger partial charge in [-0.25, -0.2) is 8.88 Å². The largest absolute Gasteiger partial charge is 0.479 e. The summed E-state index contributed by atoms with van der Waals surface area (Å²) < 4.78 is 32.6. The molecule has 138 valence electrons. The predicted molar refractivity (Wildman–Crippen MR) is 89.4 cm³/mol. The highest BCUT2D eigenvalue weighted by Crippen LogP contribution is 2.65. The monoisotopic (exact) mass is 372 g/mol. The number of carbonyl (C=O) groups excluding carboxylic acids is 1. The quantitative estimate of drug-likeness (QED) is 0.459. The fraction of sp³-hybridized carbons (Fsp3) is 0.929. The molecule has 0 rings (SSSR count). The average Bonchev–Trinajstić information content (AvgIpc) is 2.28. The summed E-state index contributed by atoms with van der Waals surface area (Å²) in [6.45, 7) is 10.2. The summed E-state index contributed by atoms with van der Waals surface area (Å²) in [6.07, 6.45) is 1.70. The van der Waals surface area contributed by atoms with Crippen molar-refractivity contribution in [3.05, 3.63) is 0 Å². The number of carbonyl (C=O) groups is 1. The Morgan fingerprint density at radius 2 is 1.52 bits per heavy atom. The molecule has 0 amide bonds. The molecule has 23 heavy (non-hydrogen) atoms. The average molecular weight is 372 g/mol. The van der Waals surface area contributed by atoms with Gasteiger partial charge in [0.05, 0.1) is 11.8 Å². The Morgan fingerprint density at radius 3 is 1.96 bits per heavy atom. The zero-order chi connectivity index (χ0) is 18.5. The summed E-state index contributed by atoms with van der Waals surface area (Å²) >= 11 is 0. The molecule has 0 bridgehead atoms. The number of Topliss-reactive ketones (excluding diaryl/α,β-unsaturated/α-hetero) is 1. The second-order valence-electron chi connectivity index (χ2n) is 7.78. The van der Waals surface area contributed by atoms with Crippen LogP contribution in [0.25, 0.3) is 0 Å². The van der Waals surface area contributed by atoms with Gasteiger partial charge in [0.25, 0.3) is 0 Å². The van der Waals surface area contributed by atoms with Crippen molar-refractivity contribution in [1.29, 1.82) is 0 Å². The molecule has 0 aliphatic heterocycles. The number of rotatable bonds is 9. The molecular formula is C14H30O7P2. The molecule has 0 aromatic rings. The maximum atomic E-state index is 11.8. The van der Waals surface area contributed by atoms with Crippen molar-refractivity contribution in [2.75, 3.05) is 6.61 Å². The van der Waals surface area contributed by atoms with Crippen LogP contribution in [0.5, 0.6) is 0 Å². The summed E-state index contributed by atoms with van der Waals surface area (Å²) in [7, 11) is -8.94. The minimum atomic E-state index is -4.64. The smallest absolute Gasteiger partial charge is 0.324 e. The Labute approximate surface area is 138 Å². The second-order valence-corrected chi connectivity index (χ2v) is 12.0. The molecule has 2 unspecified atom stereocenters. The van der Waals surface area contributed by atoms with E-state index in [-0.39, 0.29) is 30.6 Å². The van der Waals surface area contributed by atoms with Crippen molar-refractivity contribution in [2.24, 2.45) is 5.41 Å². The van der Waals surface area contributed by atoms with Crippen LogP contribution in [0.3, 0.4) is 0 Å². The highest BCUT2D eigenvalue weighted by Gasteiger charge is 2.43. The molecule has 2 N–H and O–H groups in total. The van der Waals surface area contributed by atoms with Crippen molar-refractivity contribution in [2.45, 2.75) is 72.4 Å². The van der Waals surface area contributed by atoms with Gasteiger partial charge in [-0.1, -0.05) is 20.8 Å². The van der Waals surface area contributed by atoms with Crippen LogP contribution >= 0.6 is 15.4 Å². The van der Waals surface area contributed by atoms with Crippen LogP contribution in [0.2, 0.25) is 0 Å². The molecule has 0 spiro atoms. The molecule has 0 fully saturated rings. The summed E-state index contributed by atoms with van der Waals surface area (Å²) in [4.78, 5) is 30.8. The first-order valence-corrected chi connectivity index (χ1v) is 10.7. The Hall–Kier alpha value is -0.0300. The van der Waals surface area contributed by atoms with Gasteiger partial charge < -0.3 is 9.79 Å². The number of phosphoric ester groups is 1. The maximum Gasteiger partial charge on any atom is 0.479 e. The van der Waals surface area contributed by atoms with Gasteiger partial charge in [0, 0.05) is 12.8 Å². The van der Waals surface area contributed by atoms with Crippen molar-refractivity contribution in [1.82, 2.24) is 0 Å². The van der Waals surface area contributed by atoms with Crippen LogP contribution in [-0.2, 0) is 22.8 Å². The number of hydrogen-bond acceptors (Lipinski definition) is 5. The van der Waals surface area contributed by atoms with Crippen LogP contribution in [0.1, 0.15) is 67.2 Å². The summed E-state index contributed by atoms with van der Waals surface area (Å²) in [5.41, 5.74) is 0.0794. The molecule has 0 saturated carbocycles. The molecule has 0 aliphatic carbocycles. The van der Waals surface area contributed by atoms with E-state index in [0.29, 0.717) is 6.42 Å². The molecule has 0 heterocycles. The fourth-order valence-electron chi connectivity index (χ4n) is 1.37. The van der Waals surface area contributed by atoms with Crippen LogP contribution in [-0.4, -0.2) is 27.3 Å². The Balaban J connectivity index is 4.20. The molecule has 0 aromatic heterocycles. The normalized spacial score (nSPS) is 18.3. The van der Waals surface area contributed by atoms with E-state index in [1.165, 1.54) is 20.8 Å². The van der Waals surface area contributed by atoms with Gasteiger partial charge in [0.1, 0.15) is 5.78 Å². The van der Waals surface area contributed by atoms with Crippen molar-refractivity contribution in [3.8, 4) is 0 Å². The Bertz CT molecular complexity index is 488. The molecule has 0 aromatic carbocycles. The maximum absolute atomic E-state index is 11.8. The molecule has 2 atom stereocenters. The van der Waals surface area contributed by atoms with Crippen LogP contribution in [0, 0.1) is 5.41 Å². The van der Waals surface area contributed by atoms with E-state index in [4.69, 9.17) is 0 Å². The van der Waals surface area contributed by atoms with Gasteiger partial charge in [0.2, 0.25) is 0 Å². The topological polar surface area (TPSA) is 110 Å². The molecular weight excluding hydrogens is 342 g/mol. The lowest BCUT2D eigenvalue weighted by Crippen LogP contribution is -2.16. The third kappa shape index (κ3) is 10.4. The van der Waals surface area contributed by atoms with Crippen LogP contribution in [0.15, 0.2) is 0 Å². The molecule has 0 aliphatic rings. The van der Waals surface area contributed by atoms with Crippen molar-refractivity contribution >= 4 is 21.2 Å². The van der Waals surface area contributed by atoms with Gasteiger partial charge in [-0.2, -0.15) is 0 Å². The first-order valence-electron chi connectivity index (χ1n) is 7.59. The van der Waals surface area contributed by atoms with Gasteiger partial charge >= 0.3 is 15.4 Å². The molecule has 7 nitrogen and oxygen atoms in total. The van der Waals surface area contributed by atoms with E-state index in [2.05, 4.69) is 8.83 Å². The zero-order valence-electron chi connectivity index (χ0n) is 14.9. The number of hydrogen-bond donors (Lipinski definition) is 2. The molecule has 0 saturated heterocycles. The van der Waals surface area contributed by atoms with Crippen molar-refractivity contribution in [3.63, 3.8) is 0 Å².